The number of fused-ring (bicyclic) bond motifs is 1. The number of nitrogens with one attached hydrogen (secondary N) is 1. The molecular weight excluding hydrogens is 276 g/mol. The van der Waals surface area contributed by atoms with Crippen molar-refractivity contribution in [2.24, 2.45) is 0 Å². The quantitative estimate of drug-likeness (QED) is 0.803. The number of amides is 1. The lowest BCUT2D eigenvalue weighted by Crippen LogP contribution is -2.25. The summed E-state index contributed by atoms with van der Waals surface area (Å²) >= 11 is 0. The average Bonchev–Trinajstić information content (AvgIpc) is 2.45. The highest BCUT2D eigenvalue weighted by atomic mass is 16.1. The van der Waals surface area contributed by atoms with Crippen LogP contribution in [-0.2, 0) is 0 Å². The van der Waals surface area contributed by atoms with Crippen molar-refractivity contribution in [3.8, 4) is 0 Å². The number of rotatable bonds is 6. The van der Waals surface area contributed by atoms with Gasteiger partial charge in [0, 0.05) is 17.6 Å². The second kappa shape index (κ2) is 7.20. The number of nitrogens with zero attached hydrogens (tertiary/aromatic N) is 2. The lowest BCUT2D eigenvalue weighted by molar-refractivity contribution is 0.0953. The molecule has 0 atom stereocenters. The van der Waals surface area contributed by atoms with Crippen LogP contribution in [0.2, 0.25) is 0 Å². The van der Waals surface area contributed by atoms with Gasteiger partial charge < -0.3 is 11.1 Å². The molecule has 2 heterocycles. The number of pyridine rings is 2. The second-order valence-electron chi connectivity index (χ2n) is 5.69. The zero-order valence-corrected chi connectivity index (χ0v) is 13.6. The van der Waals surface area contributed by atoms with E-state index >= 15 is 0 Å². The summed E-state index contributed by atoms with van der Waals surface area (Å²) in [7, 11) is 0. The number of aryl methyl sites for hydroxylation is 2. The molecule has 3 N–H and O–H groups in total. The predicted molar refractivity (Wildman–Crippen MR) is 89.9 cm³/mol. The summed E-state index contributed by atoms with van der Waals surface area (Å²) in [5, 5.41) is 3.79. The van der Waals surface area contributed by atoms with Crippen LogP contribution in [0.5, 0.6) is 0 Å². The van der Waals surface area contributed by atoms with Crippen LogP contribution in [0.25, 0.3) is 11.0 Å². The average molecular weight is 300 g/mol. The lowest BCUT2D eigenvalue weighted by Gasteiger charge is -2.10. The maximum Gasteiger partial charge on any atom is 0.255 e. The molecule has 1 amide bonds. The minimum Gasteiger partial charge on any atom is -0.383 e. The van der Waals surface area contributed by atoms with Crippen molar-refractivity contribution in [2.45, 2.75) is 46.5 Å². The van der Waals surface area contributed by atoms with E-state index in [-0.39, 0.29) is 11.7 Å². The molecule has 0 saturated carbocycles. The van der Waals surface area contributed by atoms with Crippen molar-refractivity contribution in [3.63, 3.8) is 0 Å². The maximum atomic E-state index is 12.3. The van der Waals surface area contributed by atoms with E-state index in [4.69, 9.17) is 5.73 Å². The summed E-state index contributed by atoms with van der Waals surface area (Å²) in [5.74, 6) is 0.0689. The van der Waals surface area contributed by atoms with E-state index in [1.165, 1.54) is 12.8 Å². The van der Waals surface area contributed by atoms with E-state index in [1.807, 2.05) is 19.9 Å². The Morgan fingerprint density at radius 3 is 2.68 bits per heavy atom. The Bertz CT molecular complexity index is 682. The standard InChI is InChI=1S/C17H24N4O/c1-4-5-6-7-8-19-17(22)14-10-13-11(2)9-12(3)20-16(13)21-15(14)18/h9-10H,4-8H2,1-3H3,(H,19,22)(H2,18,20,21). The molecule has 2 rings (SSSR count). The van der Waals surface area contributed by atoms with E-state index in [0.29, 0.717) is 17.8 Å². The van der Waals surface area contributed by atoms with Crippen LogP contribution >= 0.6 is 0 Å². The topological polar surface area (TPSA) is 80.9 Å². The molecule has 2 aromatic rings. The number of unbranched alkanes of at least 4 members (excludes halogenated alkanes) is 3. The molecule has 0 saturated heterocycles. The smallest absolute Gasteiger partial charge is 0.255 e. The molecule has 22 heavy (non-hydrogen) atoms. The zero-order chi connectivity index (χ0) is 16.1. The van der Waals surface area contributed by atoms with E-state index in [9.17, 15) is 4.79 Å². The fraction of sp³-hybridized carbons (Fsp3) is 0.471. The van der Waals surface area contributed by atoms with Gasteiger partial charge in [-0.25, -0.2) is 9.97 Å². The molecule has 0 aliphatic carbocycles. The van der Waals surface area contributed by atoms with Crippen LogP contribution in [0.3, 0.4) is 0 Å². The van der Waals surface area contributed by atoms with E-state index in [1.54, 1.807) is 6.07 Å². The summed E-state index contributed by atoms with van der Waals surface area (Å²) in [6.45, 7) is 6.74. The van der Waals surface area contributed by atoms with E-state index in [2.05, 4.69) is 22.2 Å². The van der Waals surface area contributed by atoms with Gasteiger partial charge in [-0.15, -0.1) is 0 Å². The van der Waals surface area contributed by atoms with Crippen molar-refractivity contribution >= 4 is 22.8 Å². The van der Waals surface area contributed by atoms with E-state index < -0.39 is 0 Å². The molecule has 0 aliphatic heterocycles. The van der Waals surface area contributed by atoms with Crippen LogP contribution in [0.4, 0.5) is 5.82 Å². The Balaban J connectivity index is 2.17. The molecule has 5 nitrogen and oxygen atoms in total. The fourth-order valence-corrected chi connectivity index (χ4v) is 2.51. The van der Waals surface area contributed by atoms with Crippen LogP contribution in [0.15, 0.2) is 12.1 Å². The number of aromatic nitrogens is 2. The summed E-state index contributed by atoms with van der Waals surface area (Å²) in [5.41, 5.74) is 8.89. The molecule has 118 valence electrons. The van der Waals surface area contributed by atoms with Gasteiger partial charge in [-0.05, 0) is 38.0 Å². The van der Waals surface area contributed by atoms with E-state index in [0.717, 1.165) is 29.5 Å². The first kappa shape index (κ1) is 16.2. The van der Waals surface area contributed by atoms with Crippen molar-refractivity contribution in [1.29, 1.82) is 0 Å². The van der Waals surface area contributed by atoms with Gasteiger partial charge in [-0.1, -0.05) is 26.2 Å². The fourth-order valence-electron chi connectivity index (χ4n) is 2.51. The molecule has 0 radical (unpaired) electrons. The van der Waals surface area contributed by atoms with Gasteiger partial charge in [0.1, 0.15) is 5.82 Å². The highest BCUT2D eigenvalue weighted by Crippen LogP contribution is 2.21. The molecule has 0 bridgehead atoms. The first-order valence-electron chi connectivity index (χ1n) is 7.85. The van der Waals surface area contributed by atoms with Crippen molar-refractivity contribution < 1.29 is 4.79 Å². The summed E-state index contributed by atoms with van der Waals surface area (Å²) < 4.78 is 0. The van der Waals surface area contributed by atoms with Gasteiger partial charge in [0.15, 0.2) is 5.65 Å². The largest absolute Gasteiger partial charge is 0.383 e. The summed E-state index contributed by atoms with van der Waals surface area (Å²) in [4.78, 5) is 20.9. The predicted octanol–water partition coefficient (Wildman–Crippen LogP) is 3.14. The number of carbonyl (C=O) groups is 1. The number of nitrogen functional groups attached to an aromatic ring is 1. The number of anilines is 1. The number of nitrogens with two attached hydrogens (primary N) is 1. The summed E-state index contributed by atoms with van der Waals surface area (Å²) in [6, 6.07) is 3.77. The Morgan fingerprint density at radius 2 is 1.95 bits per heavy atom. The molecule has 0 spiro atoms. The number of hydrogen-bond acceptors (Lipinski definition) is 4. The molecule has 0 aromatic carbocycles. The summed E-state index contributed by atoms with van der Waals surface area (Å²) in [6.07, 6.45) is 4.49. The molecule has 0 aliphatic rings. The third kappa shape index (κ3) is 3.72. The van der Waals surface area contributed by atoms with Gasteiger partial charge in [-0.2, -0.15) is 0 Å². The minimum atomic E-state index is -0.164. The lowest BCUT2D eigenvalue weighted by atomic mass is 10.1. The van der Waals surface area contributed by atoms with Gasteiger partial charge in [-0.3, -0.25) is 4.79 Å². The van der Waals surface area contributed by atoms with Crippen LogP contribution < -0.4 is 11.1 Å². The Labute approximate surface area is 131 Å². The van der Waals surface area contributed by atoms with Gasteiger partial charge in [0.05, 0.1) is 5.56 Å². The number of hydrogen-bond donors (Lipinski definition) is 2. The van der Waals surface area contributed by atoms with Gasteiger partial charge in [0.25, 0.3) is 5.91 Å². The normalized spacial score (nSPS) is 10.9. The zero-order valence-electron chi connectivity index (χ0n) is 13.6. The Morgan fingerprint density at radius 1 is 1.18 bits per heavy atom. The third-order valence-electron chi connectivity index (χ3n) is 3.72. The first-order valence-corrected chi connectivity index (χ1v) is 7.85. The van der Waals surface area contributed by atoms with Crippen LogP contribution in [-0.4, -0.2) is 22.4 Å². The minimum absolute atomic E-state index is 0.164. The Hall–Kier alpha value is -2.17. The first-order chi connectivity index (χ1) is 10.5. The molecule has 0 fully saturated rings. The molecule has 2 aromatic heterocycles. The van der Waals surface area contributed by atoms with Crippen molar-refractivity contribution in [1.82, 2.24) is 15.3 Å². The molecule has 5 heteroatoms. The van der Waals surface area contributed by atoms with Gasteiger partial charge in [0.2, 0.25) is 0 Å². The maximum absolute atomic E-state index is 12.3. The van der Waals surface area contributed by atoms with Crippen molar-refractivity contribution in [3.05, 3.63) is 29.0 Å². The second-order valence-corrected chi connectivity index (χ2v) is 5.69. The highest BCUT2D eigenvalue weighted by Gasteiger charge is 2.13. The van der Waals surface area contributed by atoms with Gasteiger partial charge >= 0.3 is 0 Å². The SMILES string of the molecule is CCCCCCNC(=O)c1cc2c(C)cc(C)nc2nc1N. The highest BCUT2D eigenvalue weighted by molar-refractivity contribution is 6.01. The Kier molecular flexibility index (Phi) is 5.31. The van der Waals surface area contributed by atoms with Crippen molar-refractivity contribution in [2.75, 3.05) is 12.3 Å². The number of carbonyl (C=O) groups excluding carboxylic acids is 1. The van der Waals surface area contributed by atoms with Crippen LogP contribution in [0.1, 0.15) is 54.2 Å². The third-order valence-corrected chi connectivity index (χ3v) is 3.72. The van der Waals surface area contributed by atoms with Crippen LogP contribution in [0, 0.1) is 13.8 Å². The molecular formula is C17H24N4O. The molecule has 0 unspecified atom stereocenters. The monoisotopic (exact) mass is 300 g/mol.